The van der Waals surface area contributed by atoms with Gasteiger partial charge in [0.15, 0.2) is 9.84 Å². The van der Waals surface area contributed by atoms with E-state index < -0.39 is 25.1 Å². The molecule has 5 nitrogen and oxygen atoms in total. The van der Waals surface area contributed by atoms with Crippen LogP contribution in [0.25, 0.3) is 0 Å². The van der Waals surface area contributed by atoms with Crippen LogP contribution in [0.5, 0.6) is 0 Å². The number of sulfonamides is 1. The maximum atomic E-state index is 12.5. The maximum Gasteiger partial charge on any atom is 0.216 e. The van der Waals surface area contributed by atoms with Crippen LogP contribution < -0.4 is 0 Å². The minimum atomic E-state index is -3.23. The van der Waals surface area contributed by atoms with Gasteiger partial charge in [-0.2, -0.15) is 0 Å². The minimum absolute atomic E-state index is 0.0356. The van der Waals surface area contributed by atoms with Crippen molar-refractivity contribution in [3.8, 4) is 0 Å². The molecule has 7 heteroatoms. The summed E-state index contributed by atoms with van der Waals surface area (Å²) < 4.78 is 50.8. The van der Waals surface area contributed by atoms with Crippen molar-refractivity contribution < 1.29 is 16.8 Å². The van der Waals surface area contributed by atoms with E-state index in [9.17, 15) is 16.8 Å². The average Bonchev–Trinajstić information content (AvgIpc) is 3.33. The van der Waals surface area contributed by atoms with E-state index in [0.29, 0.717) is 25.9 Å². The van der Waals surface area contributed by atoms with Gasteiger partial charge in [0.1, 0.15) is 0 Å². The van der Waals surface area contributed by atoms with Gasteiger partial charge in [0.2, 0.25) is 10.0 Å². The average molecular weight is 343 g/mol. The summed E-state index contributed by atoms with van der Waals surface area (Å²) in [6.45, 7) is 0.662. The molecule has 0 bridgehead atoms. The molecule has 0 N–H and O–H groups in total. The molecule has 2 aliphatic rings. The molecule has 0 amide bonds. The second-order valence-electron chi connectivity index (χ2n) is 6.14. The number of piperidine rings is 1. The molecule has 3 rings (SSSR count). The molecule has 122 valence electrons. The summed E-state index contributed by atoms with van der Waals surface area (Å²) in [7, 11) is -6.41. The van der Waals surface area contributed by atoms with E-state index in [4.69, 9.17) is 0 Å². The third kappa shape index (κ3) is 3.36. The lowest BCUT2D eigenvalue weighted by Crippen LogP contribution is -2.43. The SMILES string of the molecule is O=S(=O)(Cc1ccccc1)C1CCN(S(=O)(=O)C2CC2)CC1. The topological polar surface area (TPSA) is 71.5 Å². The predicted octanol–water partition coefficient (Wildman–Crippen LogP) is 1.56. The fourth-order valence-corrected chi connectivity index (χ4v) is 6.64. The minimum Gasteiger partial charge on any atom is -0.228 e. The lowest BCUT2D eigenvalue weighted by Gasteiger charge is -2.31. The van der Waals surface area contributed by atoms with Crippen LogP contribution in [-0.2, 0) is 25.6 Å². The molecular formula is C15H21NO4S2. The Balaban J connectivity index is 1.63. The van der Waals surface area contributed by atoms with Gasteiger partial charge in [0, 0.05) is 13.1 Å². The number of rotatable bonds is 5. The first-order chi connectivity index (χ1) is 10.4. The monoisotopic (exact) mass is 343 g/mol. The van der Waals surface area contributed by atoms with Crippen molar-refractivity contribution in [3.05, 3.63) is 35.9 Å². The molecule has 2 fully saturated rings. The van der Waals surface area contributed by atoms with Gasteiger partial charge in [-0.15, -0.1) is 0 Å². The third-order valence-corrected chi connectivity index (χ3v) is 9.05. The van der Waals surface area contributed by atoms with E-state index >= 15 is 0 Å². The molecule has 0 spiro atoms. The summed E-state index contributed by atoms with van der Waals surface area (Å²) in [5.74, 6) is 0.0356. The Morgan fingerprint density at radius 1 is 0.864 bits per heavy atom. The Hall–Kier alpha value is -0.920. The zero-order valence-electron chi connectivity index (χ0n) is 12.4. The normalized spacial score (nSPS) is 21.8. The zero-order chi connectivity index (χ0) is 15.8. The Kier molecular flexibility index (Phi) is 4.31. The van der Waals surface area contributed by atoms with Crippen LogP contribution in [0, 0.1) is 0 Å². The van der Waals surface area contributed by atoms with Crippen molar-refractivity contribution in [2.45, 2.75) is 41.9 Å². The third-order valence-electron chi connectivity index (χ3n) is 4.42. The highest BCUT2D eigenvalue weighted by molar-refractivity contribution is 7.91. The summed E-state index contributed by atoms with van der Waals surface area (Å²) in [4.78, 5) is 0. The Bertz CT molecular complexity index is 716. The second-order valence-corrected chi connectivity index (χ2v) is 10.6. The molecule has 22 heavy (non-hydrogen) atoms. The Morgan fingerprint density at radius 2 is 1.45 bits per heavy atom. The van der Waals surface area contributed by atoms with Gasteiger partial charge in [0.05, 0.1) is 16.3 Å². The quantitative estimate of drug-likeness (QED) is 0.813. The summed E-state index contributed by atoms with van der Waals surface area (Å²) in [6.07, 6.45) is 2.30. The molecule has 1 aromatic rings. The number of nitrogens with zero attached hydrogens (tertiary/aromatic N) is 1. The Morgan fingerprint density at radius 3 is 2.00 bits per heavy atom. The fraction of sp³-hybridized carbons (Fsp3) is 0.600. The van der Waals surface area contributed by atoms with Crippen LogP contribution in [0.4, 0.5) is 0 Å². The van der Waals surface area contributed by atoms with Crippen molar-refractivity contribution in [1.29, 1.82) is 0 Å². The molecule has 0 aromatic heterocycles. The van der Waals surface area contributed by atoms with Gasteiger partial charge in [0.25, 0.3) is 0 Å². The van der Waals surface area contributed by atoms with E-state index in [1.807, 2.05) is 30.3 Å². The smallest absolute Gasteiger partial charge is 0.216 e. The maximum absolute atomic E-state index is 12.5. The predicted molar refractivity (Wildman–Crippen MR) is 85.6 cm³/mol. The standard InChI is InChI=1S/C15H21NO4S2/c17-21(18,12-13-4-2-1-3-5-13)14-8-10-16(11-9-14)22(19,20)15-6-7-15/h1-5,14-15H,6-12H2. The van der Waals surface area contributed by atoms with E-state index in [0.717, 1.165) is 18.4 Å². The van der Waals surface area contributed by atoms with Crippen molar-refractivity contribution in [2.75, 3.05) is 13.1 Å². The van der Waals surface area contributed by atoms with Gasteiger partial charge >= 0.3 is 0 Å². The number of benzene rings is 1. The first-order valence-electron chi connectivity index (χ1n) is 7.64. The molecule has 1 aliphatic heterocycles. The first kappa shape index (κ1) is 16.0. The van der Waals surface area contributed by atoms with E-state index in [2.05, 4.69) is 0 Å². The highest BCUT2D eigenvalue weighted by Crippen LogP contribution is 2.33. The molecule has 1 aromatic carbocycles. The zero-order valence-corrected chi connectivity index (χ0v) is 14.0. The van der Waals surface area contributed by atoms with Crippen LogP contribution >= 0.6 is 0 Å². The van der Waals surface area contributed by atoms with E-state index in [1.54, 1.807) is 0 Å². The molecular weight excluding hydrogens is 322 g/mol. The van der Waals surface area contributed by atoms with Gasteiger partial charge in [-0.05, 0) is 31.2 Å². The van der Waals surface area contributed by atoms with Gasteiger partial charge in [-0.1, -0.05) is 30.3 Å². The van der Waals surface area contributed by atoms with E-state index in [1.165, 1.54) is 4.31 Å². The largest absolute Gasteiger partial charge is 0.228 e. The van der Waals surface area contributed by atoms with Crippen molar-refractivity contribution in [2.24, 2.45) is 0 Å². The van der Waals surface area contributed by atoms with Crippen LogP contribution in [-0.4, -0.2) is 44.7 Å². The first-order valence-corrected chi connectivity index (χ1v) is 10.9. The van der Waals surface area contributed by atoms with Crippen LogP contribution in [0.1, 0.15) is 31.2 Å². The lowest BCUT2D eigenvalue weighted by atomic mass is 10.2. The second kappa shape index (κ2) is 5.94. The lowest BCUT2D eigenvalue weighted by molar-refractivity contribution is 0.345. The van der Waals surface area contributed by atoms with Gasteiger partial charge in [-0.3, -0.25) is 0 Å². The van der Waals surface area contributed by atoms with Crippen molar-refractivity contribution in [1.82, 2.24) is 4.31 Å². The highest BCUT2D eigenvalue weighted by Gasteiger charge is 2.42. The summed E-state index contributed by atoms with van der Waals surface area (Å²) in [5.41, 5.74) is 0.788. The van der Waals surface area contributed by atoms with Crippen LogP contribution in [0.3, 0.4) is 0 Å². The summed E-state index contributed by atoms with van der Waals surface area (Å²) >= 11 is 0. The number of sulfone groups is 1. The van der Waals surface area contributed by atoms with E-state index in [-0.39, 0.29) is 11.0 Å². The molecule has 0 unspecified atom stereocenters. The van der Waals surface area contributed by atoms with Crippen LogP contribution in [0.15, 0.2) is 30.3 Å². The summed E-state index contributed by atoms with van der Waals surface area (Å²) in [6, 6.07) is 9.14. The van der Waals surface area contributed by atoms with Gasteiger partial charge < -0.3 is 0 Å². The highest BCUT2D eigenvalue weighted by atomic mass is 32.2. The van der Waals surface area contributed by atoms with Crippen molar-refractivity contribution in [3.63, 3.8) is 0 Å². The van der Waals surface area contributed by atoms with Crippen LogP contribution in [0.2, 0.25) is 0 Å². The molecule has 1 saturated heterocycles. The molecule has 0 atom stereocenters. The Labute approximate surface area is 132 Å². The molecule has 1 aliphatic carbocycles. The van der Waals surface area contributed by atoms with Crippen molar-refractivity contribution >= 4 is 19.9 Å². The molecule has 0 radical (unpaired) electrons. The summed E-state index contributed by atoms with van der Waals surface area (Å²) in [5, 5.41) is -0.650. The fourth-order valence-electron chi connectivity index (χ4n) is 2.95. The molecule has 1 heterocycles. The van der Waals surface area contributed by atoms with Gasteiger partial charge in [-0.25, -0.2) is 21.1 Å². The molecule has 1 saturated carbocycles. The number of hydrogen-bond acceptors (Lipinski definition) is 4. The number of hydrogen-bond donors (Lipinski definition) is 0.